The maximum absolute atomic E-state index is 11.9. The fourth-order valence-corrected chi connectivity index (χ4v) is 1.95. The lowest BCUT2D eigenvalue weighted by Crippen LogP contribution is -2.32. The summed E-state index contributed by atoms with van der Waals surface area (Å²) in [6.07, 6.45) is 2.04. The lowest BCUT2D eigenvalue weighted by Gasteiger charge is -2.17. The summed E-state index contributed by atoms with van der Waals surface area (Å²) in [6.45, 7) is 9.96. The molecule has 2 atom stereocenters. The molecular weight excluding hydrogens is 188 g/mol. The minimum atomic E-state index is 0.104. The molecule has 1 amide bonds. The van der Waals surface area contributed by atoms with Gasteiger partial charge in [-0.25, -0.2) is 0 Å². The fourth-order valence-electron chi connectivity index (χ4n) is 1.95. The molecule has 1 aliphatic rings. The van der Waals surface area contributed by atoms with E-state index < -0.39 is 0 Å². The van der Waals surface area contributed by atoms with Gasteiger partial charge in [-0.15, -0.1) is 0 Å². The highest BCUT2D eigenvalue weighted by atomic mass is 16.2. The van der Waals surface area contributed by atoms with Crippen LogP contribution in [0.25, 0.3) is 0 Å². The van der Waals surface area contributed by atoms with Crippen molar-refractivity contribution in [2.75, 3.05) is 13.1 Å². The number of likely N-dealkylation sites (tertiary alicyclic amines) is 1. The maximum Gasteiger partial charge on any atom is 0.231 e. The molecule has 2 unspecified atom stereocenters. The van der Waals surface area contributed by atoms with E-state index in [0.29, 0.717) is 0 Å². The minimum Gasteiger partial charge on any atom is -0.300 e. The molecule has 0 aliphatic carbocycles. The zero-order valence-corrected chi connectivity index (χ0v) is 10.3. The molecule has 15 heavy (non-hydrogen) atoms. The number of rotatable bonds is 4. The molecule has 0 saturated carbocycles. The quantitative estimate of drug-likeness (QED) is 0.701. The second-order valence-corrected chi connectivity index (χ2v) is 4.31. The SMILES string of the molecule is CCCN=C1C(C)C(C)C(=O)N1CCC. The van der Waals surface area contributed by atoms with Crippen LogP contribution in [0.5, 0.6) is 0 Å². The van der Waals surface area contributed by atoms with E-state index in [0.717, 1.165) is 31.8 Å². The van der Waals surface area contributed by atoms with E-state index in [4.69, 9.17) is 0 Å². The number of hydrogen-bond donors (Lipinski definition) is 0. The van der Waals surface area contributed by atoms with Crippen molar-refractivity contribution in [1.29, 1.82) is 0 Å². The van der Waals surface area contributed by atoms with Gasteiger partial charge in [-0.3, -0.25) is 9.79 Å². The van der Waals surface area contributed by atoms with Gasteiger partial charge in [-0.1, -0.05) is 27.7 Å². The Morgan fingerprint density at radius 1 is 1.20 bits per heavy atom. The van der Waals surface area contributed by atoms with Crippen LogP contribution in [0.1, 0.15) is 40.5 Å². The van der Waals surface area contributed by atoms with E-state index in [9.17, 15) is 4.79 Å². The van der Waals surface area contributed by atoms with Crippen LogP contribution in [0.2, 0.25) is 0 Å². The van der Waals surface area contributed by atoms with Crippen LogP contribution in [-0.2, 0) is 4.79 Å². The molecule has 0 aromatic carbocycles. The van der Waals surface area contributed by atoms with Gasteiger partial charge in [0.1, 0.15) is 5.84 Å². The highest BCUT2D eigenvalue weighted by Gasteiger charge is 2.39. The molecule has 1 rings (SSSR count). The van der Waals surface area contributed by atoms with Crippen molar-refractivity contribution in [3.63, 3.8) is 0 Å². The summed E-state index contributed by atoms with van der Waals surface area (Å²) < 4.78 is 0. The predicted molar refractivity (Wildman–Crippen MR) is 62.9 cm³/mol. The topological polar surface area (TPSA) is 32.7 Å². The molecule has 0 bridgehead atoms. The highest BCUT2D eigenvalue weighted by molar-refractivity contribution is 6.07. The normalized spacial score (nSPS) is 29.2. The monoisotopic (exact) mass is 210 g/mol. The summed E-state index contributed by atoms with van der Waals surface area (Å²) in [4.78, 5) is 18.3. The Labute approximate surface area is 92.6 Å². The third-order valence-corrected chi connectivity index (χ3v) is 3.03. The first-order valence-electron chi connectivity index (χ1n) is 5.99. The summed E-state index contributed by atoms with van der Waals surface area (Å²) in [5, 5.41) is 0. The van der Waals surface area contributed by atoms with Gasteiger partial charge >= 0.3 is 0 Å². The molecule has 1 saturated heterocycles. The first-order chi connectivity index (χ1) is 7.13. The van der Waals surface area contributed by atoms with Crippen LogP contribution < -0.4 is 0 Å². The van der Waals surface area contributed by atoms with Crippen molar-refractivity contribution >= 4 is 11.7 Å². The van der Waals surface area contributed by atoms with Crippen LogP contribution in [0.15, 0.2) is 4.99 Å². The van der Waals surface area contributed by atoms with E-state index in [1.165, 1.54) is 0 Å². The summed E-state index contributed by atoms with van der Waals surface area (Å²) in [6, 6.07) is 0. The van der Waals surface area contributed by atoms with Crippen LogP contribution in [0.3, 0.4) is 0 Å². The zero-order valence-electron chi connectivity index (χ0n) is 10.3. The number of carbonyl (C=O) groups excluding carboxylic acids is 1. The van der Waals surface area contributed by atoms with E-state index in [-0.39, 0.29) is 17.7 Å². The molecule has 0 radical (unpaired) electrons. The maximum atomic E-state index is 11.9. The van der Waals surface area contributed by atoms with Crippen LogP contribution in [-0.4, -0.2) is 29.7 Å². The van der Waals surface area contributed by atoms with Gasteiger partial charge in [0.05, 0.1) is 0 Å². The molecule has 3 nitrogen and oxygen atoms in total. The van der Waals surface area contributed by atoms with E-state index in [1.807, 2.05) is 11.8 Å². The van der Waals surface area contributed by atoms with Gasteiger partial charge in [0.25, 0.3) is 0 Å². The predicted octanol–water partition coefficient (Wildman–Crippen LogP) is 2.32. The Kier molecular flexibility index (Phi) is 4.30. The van der Waals surface area contributed by atoms with Gasteiger partial charge in [-0.05, 0) is 12.8 Å². The molecule has 3 heteroatoms. The smallest absolute Gasteiger partial charge is 0.231 e. The van der Waals surface area contributed by atoms with Gasteiger partial charge in [-0.2, -0.15) is 0 Å². The molecule has 0 aromatic rings. The van der Waals surface area contributed by atoms with Crippen molar-refractivity contribution in [2.45, 2.75) is 40.5 Å². The van der Waals surface area contributed by atoms with E-state index >= 15 is 0 Å². The molecule has 1 heterocycles. The Morgan fingerprint density at radius 2 is 1.87 bits per heavy atom. The third kappa shape index (κ3) is 2.39. The standard InChI is InChI=1S/C12H22N2O/c1-5-7-13-11-9(3)10(4)12(15)14(11)8-6-2/h9-10H,5-8H2,1-4H3. The Bertz CT molecular complexity index is 260. The Morgan fingerprint density at radius 3 is 2.40 bits per heavy atom. The summed E-state index contributed by atoms with van der Waals surface area (Å²) in [5.74, 6) is 1.65. The average molecular weight is 210 g/mol. The lowest BCUT2D eigenvalue weighted by molar-refractivity contribution is -0.129. The zero-order chi connectivity index (χ0) is 11.4. The highest BCUT2D eigenvalue weighted by Crippen LogP contribution is 2.26. The molecule has 1 fully saturated rings. The number of amides is 1. The number of carbonyl (C=O) groups is 1. The van der Waals surface area contributed by atoms with Gasteiger partial charge in [0.2, 0.25) is 5.91 Å². The van der Waals surface area contributed by atoms with Crippen LogP contribution in [0.4, 0.5) is 0 Å². The van der Waals surface area contributed by atoms with Gasteiger partial charge in [0.15, 0.2) is 0 Å². The second kappa shape index (κ2) is 5.29. The van der Waals surface area contributed by atoms with Crippen LogP contribution >= 0.6 is 0 Å². The van der Waals surface area contributed by atoms with E-state index in [2.05, 4.69) is 25.8 Å². The molecule has 0 spiro atoms. The van der Waals surface area contributed by atoms with E-state index in [1.54, 1.807) is 0 Å². The molecule has 0 N–H and O–H groups in total. The van der Waals surface area contributed by atoms with Crippen molar-refractivity contribution in [2.24, 2.45) is 16.8 Å². The van der Waals surface area contributed by atoms with Crippen molar-refractivity contribution < 1.29 is 4.79 Å². The number of aliphatic imine (C=N–C) groups is 1. The molecular formula is C12H22N2O. The van der Waals surface area contributed by atoms with Crippen molar-refractivity contribution in [3.8, 4) is 0 Å². The lowest BCUT2D eigenvalue weighted by atomic mass is 9.99. The average Bonchev–Trinajstić information content (AvgIpc) is 2.42. The number of hydrogen-bond acceptors (Lipinski definition) is 2. The molecule has 1 aliphatic heterocycles. The second-order valence-electron chi connectivity index (χ2n) is 4.31. The van der Waals surface area contributed by atoms with Crippen LogP contribution in [0, 0.1) is 11.8 Å². The first kappa shape index (κ1) is 12.2. The molecule has 0 aromatic heterocycles. The summed E-state index contributed by atoms with van der Waals surface area (Å²) in [5.41, 5.74) is 0. The Balaban J connectivity index is 2.85. The number of nitrogens with zero attached hydrogens (tertiary/aromatic N) is 2. The van der Waals surface area contributed by atoms with Crippen molar-refractivity contribution in [1.82, 2.24) is 4.90 Å². The minimum absolute atomic E-state index is 0.104. The largest absolute Gasteiger partial charge is 0.300 e. The van der Waals surface area contributed by atoms with Gasteiger partial charge < -0.3 is 4.90 Å². The van der Waals surface area contributed by atoms with Gasteiger partial charge in [0, 0.05) is 24.9 Å². The number of amidine groups is 1. The summed E-state index contributed by atoms with van der Waals surface area (Å²) >= 11 is 0. The summed E-state index contributed by atoms with van der Waals surface area (Å²) in [7, 11) is 0. The first-order valence-corrected chi connectivity index (χ1v) is 5.99. The fraction of sp³-hybridized carbons (Fsp3) is 0.833. The molecule has 86 valence electrons. The van der Waals surface area contributed by atoms with Crippen molar-refractivity contribution in [3.05, 3.63) is 0 Å². The Hall–Kier alpha value is -0.860. The third-order valence-electron chi connectivity index (χ3n) is 3.03.